The lowest BCUT2D eigenvalue weighted by Gasteiger charge is -2.08. The molecule has 0 aliphatic heterocycles. The summed E-state index contributed by atoms with van der Waals surface area (Å²) in [5.41, 5.74) is 3.43. The predicted octanol–water partition coefficient (Wildman–Crippen LogP) is 5.46. The second-order valence-electron chi connectivity index (χ2n) is 6.76. The topological polar surface area (TPSA) is 84.1 Å². The van der Waals surface area contributed by atoms with E-state index in [0.717, 1.165) is 10.9 Å². The molecule has 6 nitrogen and oxygen atoms in total. The van der Waals surface area contributed by atoms with E-state index >= 15 is 0 Å². The first kappa shape index (κ1) is 19.3. The summed E-state index contributed by atoms with van der Waals surface area (Å²) >= 11 is 0. The molecular weight excluding hydrogens is 380 g/mol. The summed E-state index contributed by atoms with van der Waals surface area (Å²) in [4.78, 5) is 17.0. The summed E-state index contributed by atoms with van der Waals surface area (Å²) in [6.07, 6.45) is 1.57. The van der Waals surface area contributed by atoms with E-state index in [-0.39, 0.29) is 17.4 Å². The lowest BCUT2D eigenvalue weighted by Crippen LogP contribution is -2.11. The van der Waals surface area contributed by atoms with Gasteiger partial charge < -0.3 is 19.6 Å². The third-order valence-corrected chi connectivity index (χ3v) is 4.71. The minimum atomic E-state index is -0.313. The molecule has 1 heterocycles. The average Bonchev–Trinajstić information content (AvgIpc) is 3.19. The van der Waals surface area contributed by atoms with Crippen LogP contribution in [0.3, 0.4) is 0 Å². The molecule has 0 saturated carbocycles. The second-order valence-corrected chi connectivity index (χ2v) is 6.76. The van der Waals surface area contributed by atoms with E-state index in [0.29, 0.717) is 28.3 Å². The number of nitrogens with zero attached hydrogens (tertiary/aromatic N) is 1. The van der Waals surface area contributed by atoms with Crippen LogP contribution in [0, 0.1) is 6.92 Å². The predicted molar refractivity (Wildman–Crippen MR) is 117 cm³/mol. The number of phenols is 1. The number of aromatic hydroxyl groups is 1. The van der Waals surface area contributed by atoms with Crippen LogP contribution in [-0.2, 0) is 0 Å². The molecule has 0 saturated heterocycles. The maximum absolute atomic E-state index is 12.6. The molecule has 150 valence electrons. The highest BCUT2D eigenvalue weighted by molar-refractivity contribution is 6.05. The SMILES string of the molecule is COc1cccc(C=Nc2ccc(NC(=O)c3cc4ccccc4o3)c(C)c2)c1O. The van der Waals surface area contributed by atoms with Crippen LogP contribution in [0.2, 0.25) is 0 Å². The average molecular weight is 400 g/mol. The number of ether oxygens (including phenoxy) is 1. The molecule has 0 spiro atoms. The van der Waals surface area contributed by atoms with Crippen molar-refractivity contribution in [3.8, 4) is 11.5 Å². The van der Waals surface area contributed by atoms with Gasteiger partial charge in [0.05, 0.1) is 12.8 Å². The van der Waals surface area contributed by atoms with Crippen LogP contribution in [0.25, 0.3) is 11.0 Å². The zero-order valence-corrected chi connectivity index (χ0v) is 16.5. The van der Waals surface area contributed by atoms with Gasteiger partial charge in [-0.25, -0.2) is 0 Å². The molecule has 3 aromatic carbocycles. The molecule has 6 heteroatoms. The molecule has 0 unspecified atom stereocenters. The molecule has 30 heavy (non-hydrogen) atoms. The molecule has 0 atom stereocenters. The molecule has 1 amide bonds. The molecule has 0 aliphatic rings. The van der Waals surface area contributed by atoms with Crippen LogP contribution in [0.5, 0.6) is 11.5 Å². The largest absolute Gasteiger partial charge is 0.504 e. The number of hydrogen-bond acceptors (Lipinski definition) is 5. The van der Waals surface area contributed by atoms with Crippen molar-refractivity contribution in [2.24, 2.45) is 4.99 Å². The lowest BCUT2D eigenvalue weighted by atomic mass is 10.1. The Hall–Kier alpha value is -4.06. The van der Waals surface area contributed by atoms with E-state index < -0.39 is 0 Å². The number of phenolic OH excluding ortho intramolecular Hbond substituents is 1. The number of hydrogen-bond donors (Lipinski definition) is 2. The van der Waals surface area contributed by atoms with E-state index in [4.69, 9.17) is 9.15 Å². The number of fused-ring (bicyclic) bond motifs is 1. The first-order valence-corrected chi connectivity index (χ1v) is 9.36. The van der Waals surface area contributed by atoms with E-state index in [1.807, 2.05) is 37.3 Å². The van der Waals surface area contributed by atoms with Crippen LogP contribution in [0.1, 0.15) is 21.7 Å². The number of benzene rings is 3. The van der Waals surface area contributed by atoms with Crippen molar-refractivity contribution >= 4 is 34.5 Å². The Morgan fingerprint density at radius 1 is 1.10 bits per heavy atom. The minimum Gasteiger partial charge on any atom is -0.504 e. The molecule has 4 rings (SSSR count). The number of para-hydroxylation sites is 2. The fraction of sp³-hybridized carbons (Fsp3) is 0.0833. The van der Waals surface area contributed by atoms with Crippen molar-refractivity contribution in [3.63, 3.8) is 0 Å². The highest BCUT2D eigenvalue weighted by atomic mass is 16.5. The van der Waals surface area contributed by atoms with Gasteiger partial charge in [-0.05, 0) is 55.0 Å². The molecule has 0 fully saturated rings. The summed E-state index contributed by atoms with van der Waals surface area (Å²) in [6, 6.07) is 19.8. The number of furan rings is 1. The van der Waals surface area contributed by atoms with Gasteiger partial charge in [0.25, 0.3) is 5.91 Å². The summed E-state index contributed by atoms with van der Waals surface area (Å²) < 4.78 is 10.7. The first-order chi connectivity index (χ1) is 14.5. The third kappa shape index (κ3) is 3.89. The van der Waals surface area contributed by atoms with Crippen LogP contribution >= 0.6 is 0 Å². The summed E-state index contributed by atoms with van der Waals surface area (Å²) in [5, 5.41) is 13.9. The standard InChI is InChI=1S/C24H20N2O4/c1-15-12-18(25-14-17-7-5-9-21(29-2)23(17)27)10-11-19(15)26-24(28)22-13-16-6-3-4-8-20(16)30-22/h3-14,27H,1-2H3,(H,26,28). The Kier molecular flexibility index (Phi) is 5.22. The number of anilines is 1. The van der Waals surface area contributed by atoms with Crippen LogP contribution < -0.4 is 10.1 Å². The summed E-state index contributed by atoms with van der Waals surface area (Å²) in [7, 11) is 1.50. The van der Waals surface area contributed by atoms with Gasteiger partial charge in [0.15, 0.2) is 17.3 Å². The Morgan fingerprint density at radius 3 is 2.70 bits per heavy atom. The zero-order chi connectivity index (χ0) is 21.1. The number of amides is 1. The molecule has 0 aliphatic carbocycles. The fourth-order valence-corrected chi connectivity index (χ4v) is 3.10. The molecular formula is C24H20N2O4. The van der Waals surface area contributed by atoms with Gasteiger partial charge in [-0.3, -0.25) is 9.79 Å². The van der Waals surface area contributed by atoms with Gasteiger partial charge >= 0.3 is 0 Å². The Bertz CT molecular complexity index is 1220. The molecule has 1 aromatic heterocycles. The number of aliphatic imine (C=N–C) groups is 1. The number of carbonyl (C=O) groups excluding carboxylic acids is 1. The third-order valence-electron chi connectivity index (χ3n) is 4.71. The Balaban J connectivity index is 1.51. The number of aryl methyl sites for hydroxylation is 1. The Labute approximate surface area is 173 Å². The van der Waals surface area contributed by atoms with Gasteiger partial charge in [0.1, 0.15) is 5.58 Å². The summed E-state index contributed by atoms with van der Waals surface area (Å²) in [5.74, 6) is 0.368. The van der Waals surface area contributed by atoms with Crippen LogP contribution in [-0.4, -0.2) is 24.3 Å². The van der Waals surface area contributed by atoms with E-state index in [9.17, 15) is 9.90 Å². The first-order valence-electron chi connectivity index (χ1n) is 9.36. The van der Waals surface area contributed by atoms with Gasteiger partial charge in [-0.15, -0.1) is 0 Å². The normalized spacial score (nSPS) is 11.1. The maximum atomic E-state index is 12.6. The van der Waals surface area contributed by atoms with E-state index in [2.05, 4.69) is 10.3 Å². The van der Waals surface area contributed by atoms with Crippen LogP contribution in [0.15, 0.2) is 76.1 Å². The van der Waals surface area contributed by atoms with Crippen molar-refractivity contribution in [2.45, 2.75) is 6.92 Å². The molecule has 0 bridgehead atoms. The summed E-state index contributed by atoms with van der Waals surface area (Å²) in [6.45, 7) is 1.89. The number of nitrogens with one attached hydrogen (secondary N) is 1. The van der Waals surface area contributed by atoms with Crippen LogP contribution in [0.4, 0.5) is 11.4 Å². The molecule has 0 radical (unpaired) electrons. The fourth-order valence-electron chi connectivity index (χ4n) is 3.10. The van der Waals surface area contributed by atoms with Gasteiger partial charge in [0.2, 0.25) is 0 Å². The molecule has 2 N–H and O–H groups in total. The van der Waals surface area contributed by atoms with Crippen molar-refractivity contribution in [3.05, 3.63) is 83.6 Å². The Morgan fingerprint density at radius 2 is 1.93 bits per heavy atom. The van der Waals surface area contributed by atoms with Crippen molar-refractivity contribution in [2.75, 3.05) is 12.4 Å². The highest BCUT2D eigenvalue weighted by Crippen LogP contribution is 2.29. The maximum Gasteiger partial charge on any atom is 0.291 e. The second kappa shape index (κ2) is 8.13. The number of rotatable bonds is 5. The monoisotopic (exact) mass is 400 g/mol. The quantitative estimate of drug-likeness (QED) is 0.436. The number of methoxy groups -OCH3 is 1. The van der Waals surface area contributed by atoms with Crippen molar-refractivity contribution in [1.82, 2.24) is 0 Å². The smallest absolute Gasteiger partial charge is 0.291 e. The van der Waals surface area contributed by atoms with Gasteiger partial charge in [-0.2, -0.15) is 0 Å². The number of carbonyl (C=O) groups is 1. The lowest BCUT2D eigenvalue weighted by molar-refractivity contribution is 0.0998. The van der Waals surface area contributed by atoms with Crippen molar-refractivity contribution in [1.29, 1.82) is 0 Å². The molecule has 4 aromatic rings. The zero-order valence-electron chi connectivity index (χ0n) is 16.5. The van der Waals surface area contributed by atoms with Gasteiger partial charge in [-0.1, -0.05) is 24.3 Å². The van der Waals surface area contributed by atoms with E-state index in [1.54, 1.807) is 42.6 Å². The van der Waals surface area contributed by atoms with Crippen molar-refractivity contribution < 1.29 is 19.1 Å². The van der Waals surface area contributed by atoms with Gasteiger partial charge in [0, 0.05) is 22.9 Å². The minimum absolute atomic E-state index is 0.0372. The van der Waals surface area contributed by atoms with E-state index in [1.165, 1.54) is 7.11 Å². The highest BCUT2D eigenvalue weighted by Gasteiger charge is 2.13.